The Kier molecular flexibility index (Phi) is 7.27. The van der Waals surface area contributed by atoms with Gasteiger partial charge in [-0.05, 0) is 22.4 Å². The van der Waals surface area contributed by atoms with Crippen LogP contribution in [0.2, 0.25) is 0 Å². The number of halogens is 1. The topological polar surface area (TPSA) is 53.4 Å². The van der Waals surface area contributed by atoms with Gasteiger partial charge in [0.15, 0.2) is 0 Å². The predicted octanol–water partition coefficient (Wildman–Crippen LogP) is 1.91. The molecule has 0 saturated heterocycles. The zero-order chi connectivity index (χ0) is 14.3. The molecule has 0 atom stereocenters. The van der Waals surface area contributed by atoms with Gasteiger partial charge in [0.1, 0.15) is 5.78 Å². The van der Waals surface area contributed by atoms with Crippen LogP contribution in [0.25, 0.3) is 0 Å². The van der Waals surface area contributed by atoms with Crippen LogP contribution in [0.4, 0.5) is 0 Å². The van der Waals surface area contributed by atoms with Crippen LogP contribution in [-0.2, 0) is 34.2 Å². The third-order valence-corrected chi connectivity index (χ3v) is 3.74. The van der Waals surface area contributed by atoms with Crippen LogP contribution < -0.4 is 0 Å². The number of nitrogens with zero attached hydrogens (tertiary/aromatic N) is 2. The number of carbonyl (C=O) groups is 1. The van der Waals surface area contributed by atoms with Crippen molar-refractivity contribution in [3.05, 3.63) is 15.9 Å². The van der Waals surface area contributed by atoms with Gasteiger partial charge in [0, 0.05) is 27.0 Å². The van der Waals surface area contributed by atoms with Crippen molar-refractivity contribution < 1.29 is 14.3 Å². The standard InChI is InChI=1S/C13H21BrN2O3/c1-4-11-13(14)12(16(2)15-11)9-10(17)5-6-19-8-7-18-3/h4-9H2,1-3H3. The number of Topliss-reactive ketones (excluding diaryl/α,β-unsaturated/α-hetero) is 1. The summed E-state index contributed by atoms with van der Waals surface area (Å²) in [4.78, 5) is 11.9. The number of methoxy groups -OCH3 is 1. The molecule has 0 aliphatic carbocycles. The minimum Gasteiger partial charge on any atom is -0.382 e. The van der Waals surface area contributed by atoms with E-state index >= 15 is 0 Å². The lowest BCUT2D eigenvalue weighted by atomic mass is 10.1. The lowest BCUT2D eigenvalue weighted by Crippen LogP contribution is -2.12. The molecule has 0 aromatic carbocycles. The Morgan fingerprint density at radius 2 is 2.11 bits per heavy atom. The second kappa shape index (κ2) is 8.45. The number of ketones is 1. The summed E-state index contributed by atoms with van der Waals surface area (Å²) in [5, 5.41) is 4.37. The van der Waals surface area contributed by atoms with Gasteiger partial charge < -0.3 is 9.47 Å². The molecular weight excluding hydrogens is 312 g/mol. The molecule has 5 nitrogen and oxygen atoms in total. The molecular formula is C13H21BrN2O3. The molecule has 0 saturated carbocycles. The molecule has 0 radical (unpaired) electrons. The number of hydrogen-bond donors (Lipinski definition) is 0. The van der Waals surface area contributed by atoms with E-state index in [1.165, 1.54) is 0 Å². The molecule has 0 aliphatic heterocycles. The minimum absolute atomic E-state index is 0.156. The van der Waals surface area contributed by atoms with E-state index in [2.05, 4.69) is 21.0 Å². The summed E-state index contributed by atoms with van der Waals surface area (Å²) >= 11 is 3.51. The normalized spacial score (nSPS) is 10.9. The van der Waals surface area contributed by atoms with E-state index in [1.54, 1.807) is 11.8 Å². The first kappa shape index (κ1) is 16.3. The van der Waals surface area contributed by atoms with Crippen LogP contribution in [-0.4, -0.2) is 42.5 Å². The Labute approximate surface area is 122 Å². The molecule has 0 fully saturated rings. The number of rotatable bonds is 9. The highest BCUT2D eigenvalue weighted by atomic mass is 79.9. The summed E-state index contributed by atoms with van der Waals surface area (Å²) in [7, 11) is 3.49. The van der Waals surface area contributed by atoms with Crippen molar-refractivity contribution in [2.24, 2.45) is 7.05 Å². The third kappa shape index (κ3) is 5.04. The minimum atomic E-state index is 0.156. The van der Waals surface area contributed by atoms with E-state index < -0.39 is 0 Å². The molecule has 1 aromatic rings. The average molecular weight is 333 g/mol. The van der Waals surface area contributed by atoms with Gasteiger partial charge in [-0.15, -0.1) is 0 Å². The monoisotopic (exact) mass is 332 g/mol. The largest absolute Gasteiger partial charge is 0.382 e. The van der Waals surface area contributed by atoms with Gasteiger partial charge in [-0.2, -0.15) is 5.10 Å². The van der Waals surface area contributed by atoms with Crippen LogP contribution in [0.1, 0.15) is 24.7 Å². The predicted molar refractivity (Wildman–Crippen MR) is 76.3 cm³/mol. The number of carbonyl (C=O) groups excluding carboxylic acids is 1. The number of aromatic nitrogens is 2. The maximum atomic E-state index is 11.9. The Bertz CT molecular complexity index is 418. The lowest BCUT2D eigenvalue weighted by molar-refractivity contribution is -0.119. The fourth-order valence-electron chi connectivity index (χ4n) is 1.72. The van der Waals surface area contributed by atoms with Crippen molar-refractivity contribution in [2.75, 3.05) is 26.9 Å². The summed E-state index contributed by atoms with van der Waals surface area (Å²) in [6.07, 6.45) is 1.66. The fourth-order valence-corrected chi connectivity index (χ4v) is 2.47. The first-order chi connectivity index (χ1) is 9.10. The molecule has 0 N–H and O–H groups in total. The number of ether oxygens (including phenoxy) is 2. The van der Waals surface area contributed by atoms with Crippen molar-refractivity contribution in [1.29, 1.82) is 0 Å². The Morgan fingerprint density at radius 1 is 1.37 bits per heavy atom. The van der Waals surface area contributed by atoms with Crippen LogP contribution in [0.15, 0.2) is 4.47 Å². The summed E-state index contributed by atoms with van der Waals surface area (Å²) < 4.78 is 12.9. The van der Waals surface area contributed by atoms with Crippen LogP contribution in [0.3, 0.4) is 0 Å². The van der Waals surface area contributed by atoms with E-state index in [4.69, 9.17) is 9.47 Å². The summed E-state index contributed by atoms with van der Waals surface area (Å²) in [6, 6.07) is 0. The highest BCUT2D eigenvalue weighted by Crippen LogP contribution is 2.22. The summed E-state index contributed by atoms with van der Waals surface area (Å²) in [6.45, 7) is 3.57. The molecule has 6 heteroatoms. The van der Waals surface area contributed by atoms with Crippen LogP contribution in [0, 0.1) is 0 Å². The maximum Gasteiger partial charge on any atom is 0.141 e. The molecule has 0 spiro atoms. The van der Waals surface area contributed by atoms with Crippen molar-refractivity contribution in [3.63, 3.8) is 0 Å². The molecule has 0 aliphatic rings. The Balaban J connectivity index is 2.42. The highest BCUT2D eigenvalue weighted by Gasteiger charge is 2.15. The van der Waals surface area contributed by atoms with Gasteiger partial charge in [-0.1, -0.05) is 6.92 Å². The van der Waals surface area contributed by atoms with E-state index in [1.807, 2.05) is 14.0 Å². The SMILES string of the molecule is CCc1nn(C)c(CC(=O)CCOCCOC)c1Br. The number of aryl methyl sites for hydroxylation is 2. The van der Waals surface area contributed by atoms with Crippen molar-refractivity contribution in [2.45, 2.75) is 26.2 Å². The van der Waals surface area contributed by atoms with Gasteiger partial charge in [-0.3, -0.25) is 9.48 Å². The van der Waals surface area contributed by atoms with Gasteiger partial charge >= 0.3 is 0 Å². The van der Waals surface area contributed by atoms with Gasteiger partial charge in [0.2, 0.25) is 0 Å². The van der Waals surface area contributed by atoms with Crippen molar-refractivity contribution in [1.82, 2.24) is 9.78 Å². The zero-order valence-electron chi connectivity index (χ0n) is 11.7. The molecule has 1 heterocycles. The van der Waals surface area contributed by atoms with E-state index in [-0.39, 0.29) is 5.78 Å². The average Bonchev–Trinajstić information content (AvgIpc) is 2.66. The van der Waals surface area contributed by atoms with Crippen LogP contribution in [0.5, 0.6) is 0 Å². The zero-order valence-corrected chi connectivity index (χ0v) is 13.3. The van der Waals surface area contributed by atoms with E-state index in [9.17, 15) is 4.79 Å². The second-order valence-electron chi connectivity index (χ2n) is 4.26. The fraction of sp³-hybridized carbons (Fsp3) is 0.692. The van der Waals surface area contributed by atoms with Crippen molar-refractivity contribution in [3.8, 4) is 0 Å². The Morgan fingerprint density at radius 3 is 2.68 bits per heavy atom. The summed E-state index contributed by atoms with van der Waals surface area (Å²) in [5.74, 6) is 0.156. The molecule has 108 valence electrons. The quantitative estimate of drug-likeness (QED) is 0.648. The van der Waals surface area contributed by atoms with Crippen molar-refractivity contribution >= 4 is 21.7 Å². The maximum absolute atomic E-state index is 11.9. The lowest BCUT2D eigenvalue weighted by Gasteiger charge is -2.04. The second-order valence-corrected chi connectivity index (χ2v) is 5.05. The highest BCUT2D eigenvalue weighted by molar-refractivity contribution is 9.10. The van der Waals surface area contributed by atoms with Gasteiger partial charge in [-0.25, -0.2) is 0 Å². The van der Waals surface area contributed by atoms with Gasteiger partial charge in [0.05, 0.1) is 35.7 Å². The molecule has 1 aromatic heterocycles. The molecule has 0 unspecified atom stereocenters. The molecule has 0 bridgehead atoms. The Hall–Kier alpha value is -0.720. The van der Waals surface area contributed by atoms with E-state index in [0.717, 1.165) is 22.3 Å². The smallest absolute Gasteiger partial charge is 0.141 e. The molecule has 0 amide bonds. The first-order valence-electron chi connectivity index (χ1n) is 6.38. The first-order valence-corrected chi connectivity index (χ1v) is 7.18. The summed E-state index contributed by atoms with van der Waals surface area (Å²) in [5.41, 5.74) is 1.92. The van der Waals surface area contributed by atoms with E-state index in [0.29, 0.717) is 32.7 Å². The molecule has 19 heavy (non-hydrogen) atoms. The van der Waals surface area contributed by atoms with Gasteiger partial charge in [0.25, 0.3) is 0 Å². The third-order valence-electron chi connectivity index (χ3n) is 2.82. The molecule has 1 rings (SSSR count). The number of hydrogen-bond acceptors (Lipinski definition) is 4. The van der Waals surface area contributed by atoms with Crippen LogP contribution >= 0.6 is 15.9 Å².